The van der Waals surface area contributed by atoms with Crippen LogP contribution >= 0.6 is 0 Å². The van der Waals surface area contributed by atoms with Gasteiger partial charge in [0, 0.05) is 59.5 Å². The molecular formula is C43H52F4N3O8S+. The lowest BCUT2D eigenvalue weighted by molar-refractivity contribution is -0.197. The van der Waals surface area contributed by atoms with Gasteiger partial charge in [-0.1, -0.05) is 45.8 Å². The Labute approximate surface area is 342 Å². The van der Waals surface area contributed by atoms with Crippen LogP contribution in [-0.2, 0) is 40.2 Å². The van der Waals surface area contributed by atoms with Gasteiger partial charge in [0.05, 0.1) is 17.5 Å². The molecule has 1 saturated heterocycles. The Morgan fingerprint density at radius 2 is 1.61 bits per heavy atom. The van der Waals surface area contributed by atoms with Gasteiger partial charge in [0.25, 0.3) is 21.9 Å². The minimum absolute atomic E-state index is 0.0254. The maximum atomic E-state index is 16.0. The lowest BCUT2D eigenvalue weighted by Gasteiger charge is -2.30. The second-order valence-electron chi connectivity index (χ2n) is 16.1. The van der Waals surface area contributed by atoms with E-state index >= 15 is 17.6 Å². The van der Waals surface area contributed by atoms with E-state index in [1.807, 2.05) is 51.1 Å². The molecule has 1 fully saturated rings. The third kappa shape index (κ3) is 9.97. The first-order valence-corrected chi connectivity index (χ1v) is 21.5. The molecular weight excluding hydrogens is 795 g/mol. The lowest BCUT2D eigenvalue weighted by atomic mass is 9.76. The van der Waals surface area contributed by atoms with Crippen molar-refractivity contribution in [3.63, 3.8) is 0 Å². The second-order valence-corrected chi connectivity index (χ2v) is 17.7. The molecule has 0 aromatic heterocycles. The summed E-state index contributed by atoms with van der Waals surface area (Å²) in [6.45, 7) is 13.3. The van der Waals surface area contributed by atoms with Crippen molar-refractivity contribution in [2.24, 2.45) is 0 Å². The van der Waals surface area contributed by atoms with Crippen LogP contribution in [-0.4, -0.2) is 61.2 Å². The van der Waals surface area contributed by atoms with Gasteiger partial charge in [-0.2, -0.15) is 8.42 Å². The van der Waals surface area contributed by atoms with E-state index in [2.05, 4.69) is 18.4 Å². The number of hydrogen-bond donors (Lipinski definition) is 1. The molecule has 4 aliphatic rings. The van der Waals surface area contributed by atoms with Gasteiger partial charge in [-0.15, -0.1) is 5.06 Å². The van der Waals surface area contributed by atoms with Crippen LogP contribution in [0.25, 0.3) is 17.4 Å². The highest BCUT2D eigenvalue weighted by atomic mass is 32.2. The van der Waals surface area contributed by atoms with Crippen LogP contribution in [0.4, 0.5) is 23.2 Å². The standard InChI is InChI=1S/C43H51F4N3O8S/c1-7-48(8-2)28-18-19-29-27(25-32(42(3,4)5)57-30(29)26-28)15-14-16-31-43(6,22-11-13-24-59(54,55)56)36-37(44)38(45)39(46)40(47)41(36)49(31)23-12-9-10-17-35(53)58-50-33(51)20-21-34(50)52/h14-16,18-19,25-26H,7-13,17,20-24H2,1-6H3/p+1. The van der Waals surface area contributed by atoms with Crippen molar-refractivity contribution in [2.45, 2.75) is 110 Å². The predicted octanol–water partition coefficient (Wildman–Crippen LogP) is 7.95. The molecule has 16 heteroatoms. The Kier molecular flexibility index (Phi) is 14.0. The smallest absolute Gasteiger partial charge is 0.333 e. The number of halogens is 4. The zero-order valence-corrected chi connectivity index (χ0v) is 35.1. The summed E-state index contributed by atoms with van der Waals surface area (Å²) in [5, 5.41) is 1.44. The number of rotatable bonds is 16. The van der Waals surface area contributed by atoms with Gasteiger partial charge in [0.15, 0.2) is 23.3 Å². The number of allylic oxidation sites excluding steroid dienone is 3. The first-order valence-electron chi connectivity index (χ1n) is 19.9. The largest absolute Gasteiger partial charge is 0.460 e. The first kappa shape index (κ1) is 45.3. The molecule has 0 saturated carbocycles. The van der Waals surface area contributed by atoms with Crippen molar-refractivity contribution in [1.29, 1.82) is 0 Å². The summed E-state index contributed by atoms with van der Waals surface area (Å²) in [5.41, 5.74) is -0.947. The van der Waals surface area contributed by atoms with Gasteiger partial charge in [-0.25, -0.2) is 26.9 Å². The SMILES string of the molecule is CC[N+](CC)=c1ccc2c(C=CC=C3N(CCCCCC(=O)ON4C(=O)CCC4=O)c4c(F)c(F)c(F)c(F)c4C3(C)CCCCS(=O)(=O)O)cc(C(C)(C)C)oc-2c1. The Bertz CT molecular complexity index is 2310. The van der Waals surface area contributed by atoms with Crippen LogP contribution < -0.4 is 14.8 Å². The average molecular weight is 847 g/mol. The van der Waals surface area contributed by atoms with Crippen LogP contribution in [0.3, 0.4) is 0 Å². The quantitative estimate of drug-likeness (QED) is 0.0290. The van der Waals surface area contributed by atoms with E-state index in [9.17, 15) is 27.4 Å². The van der Waals surface area contributed by atoms with E-state index in [0.29, 0.717) is 23.0 Å². The number of hydroxylamine groups is 2. The zero-order chi connectivity index (χ0) is 43.4. The fourth-order valence-corrected chi connectivity index (χ4v) is 8.27. The number of imide groups is 1. The number of nitrogens with zero attached hydrogens (tertiary/aromatic N) is 3. The highest BCUT2D eigenvalue weighted by Crippen LogP contribution is 2.54. The minimum atomic E-state index is -4.33. The fraction of sp³-hybridized carbons (Fsp3) is 0.488. The molecule has 1 aliphatic carbocycles. The molecule has 0 spiro atoms. The van der Waals surface area contributed by atoms with Crippen molar-refractivity contribution < 1.29 is 54.2 Å². The number of benzene rings is 2. The molecule has 3 aliphatic heterocycles. The van der Waals surface area contributed by atoms with Crippen LogP contribution in [0.1, 0.15) is 116 Å². The summed E-state index contributed by atoms with van der Waals surface area (Å²) in [7, 11) is -4.33. The summed E-state index contributed by atoms with van der Waals surface area (Å²) in [6, 6.07) is 7.84. The maximum absolute atomic E-state index is 16.0. The van der Waals surface area contributed by atoms with E-state index in [1.54, 1.807) is 19.1 Å². The van der Waals surface area contributed by atoms with Crippen molar-refractivity contribution in [1.82, 2.24) is 9.64 Å². The molecule has 59 heavy (non-hydrogen) atoms. The number of unbranched alkanes of at least 4 members (excludes halogenated alkanes) is 3. The molecule has 1 atom stereocenters. The number of hydrogen-bond acceptors (Lipinski definition) is 8. The van der Waals surface area contributed by atoms with Gasteiger partial charge < -0.3 is 14.2 Å². The molecule has 3 heterocycles. The Hall–Kier alpha value is -4.83. The highest BCUT2D eigenvalue weighted by molar-refractivity contribution is 7.85. The van der Waals surface area contributed by atoms with Crippen molar-refractivity contribution in [3.8, 4) is 11.3 Å². The van der Waals surface area contributed by atoms with Crippen molar-refractivity contribution >= 4 is 39.7 Å². The van der Waals surface area contributed by atoms with Crippen molar-refractivity contribution in [3.05, 3.63) is 87.6 Å². The van der Waals surface area contributed by atoms with Crippen LogP contribution in [0.5, 0.6) is 0 Å². The Morgan fingerprint density at radius 1 is 0.949 bits per heavy atom. The number of fused-ring (bicyclic) bond motifs is 2. The van der Waals surface area contributed by atoms with E-state index in [0.717, 1.165) is 29.6 Å². The van der Waals surface area contributed by atoms with Crippen molar-refractivity contribution in [2.75, 3.05) is 30.3 Å². The maximum Gasteiger partial charge on any atom is 0.333 e. The Balaban J connectivity index is 1.54. The number of amides is 2. The van der Waals surface area contributed by atoms with Crippen LogP contribution in [0.2, 0.25) is 0 Å². The van der Waals surface area contributed by atoms with Crippen LogP contribution in [0, 0.1) is 23.3 Å². The fourth-order valence-electron chi connectivity index (χ4n) is 7.70. The van der Waals surface area contributed by atoms with E-state index in [4.69, 9.17) is 9.25 Å². The number of carbonyl (C=O) groups excluding carboxylic acids is 3. The summed E-state index contributed by atoms with van der Waals surface area (Å²) in [6.07, 6.45) is 5.68. The third-order valence-corrected chi connectivity index (χ3v) is 11.7. The molecule has 1 unspecified atom stereocenters. The van der Waals surface area contributed by atoms with Gasteiger partial charge in [0.2, 0.25) is 5.36 Å². The first-order chi connectivity index (χ1) is 27.7. The number of carbonyl (C=O) groups is 3. The summed E-state index contributed by atoms with van der Waals surface area (Å²) < 4.78 is 103. The van der Waals surface area contributed by atoms with Crippen LogP contribution in [0.15, 0.2) is 46.5 Å². The molecule has 5 rings (SSSR count). The zero-order valence-electron chi connectivity index (χ0n) is 34.3. The average Bonchev–Trinajstić information content (AvgIpc) is 3.61. The van der Waals surface area contributed by atoms with Gasteiger partial charge >= 0.3 is 5.97 Å². The highest BCUT2D eigenvalue weighted by Gasteiger charge is 2.49. The summed E-state index contributed by atoms with van der Waals surface area (Å²) in [5.74, 6) is -8.39. The monoisotopic (exact) mass is 846 g/mol. The molecule has 1 aromatic carbocycles. The Morgan fingerprint density at radius 3 is 2.24 bits per heavy atom. The van der Waals surface area contributed by atoms with Gasteiger partial charge in [-0.05, 0) is 70.2 Å². The lowest BCUT2D eigenvalue weighted by Crippen LogP contribution is -2.32. The van der Waals surface area contributed by atoms with Gasteiger partial charge in [-0.3, -0.25) is 14.1 Å². The number of anilines is 1. The van der Waals surface area contributed by atoms with E-state index < -0.39 is 73.6 Å². The molecule has 11 nitrogen and oxygen atoms in total. The molecule has 320 valence electrons. The third-order valence-electron chi connectivity index (χ3n) is 10.9. The summed E-state index contributed by atoms with van der Waals surface area (Å²) in [4.78, 5) is 42.4. The molecule has 0 radical (unpaired) electrons. The molecule has 1 N–H and O–H groups in total. The van der Waals surface area contributed by atoms with E-state index in [1.165, 1.54) is 4.90 Å². The molecule has 1 aromatic rings. The normalized spacial score (nSPS) is 17.9. The summed E-state index contributed by atoms with van der Waals surface area (Å²) >= 11 is 0. The minimum Gasteiger partial charge on any atom is -0.460 e. The van der Waals surface area contributed by atoms with Gasteiger partial charge in [0.1, 0.15) is 24.6 Å². The topological polar surface area (TPSA) is 137 Å². The second kappa shape index (κ2) is 18.2. The predicted molar refractivity (Wildman–Crippen MR) is 214 cm³/mol. The molecule has 2 amide bonds. The van der Waals surface area contributed by atoms with E-state index in [-0.39, 0.29) is 69.0 Å². The molecule has 0 bridgehead atoms.